The SMILES string of the molecule is O=S(=O)(CCO)Nc1ccc2c(c1)N1CCC(CC1)CC(O)C(O)C1CCCN(C1)c1cc(ccn1)-c1nnc-2o1. The Morgan fingerprint density at radius 1 is 1.00 bits per heavy atom. The lowest BCUT2D eigenvalue weighted by Gasteiger charge is -2.39. The van der Waals surface area contributed by atoms with Crippen LogP contribution in [0.5, 0.6) is 0 Å². The molecule has 6 heterocycles. The van der Waals surface area contributed by atoms with Crippen LogP contribution in [0.1, 0.15) is 32.1 Å². The molecule has 13 heteroatoms. The number of nitrogens with one attached hydrogen (secondary N) is 1. The number of rotatable bonds is 4. The van der Waals surface area contributed by atoms with Gasteiger partial charge in [0, 0.05) is 43.9 Å². The normalized spacial score (nSPS) is 24.9. The topological polar surface area (TPSA) is 165 Å². The molecule has 3 atom stereocenters. The number of benzene rings is 1. The van der Waals surface area contributed by atoms with Crippen molar-refractivity contribution in [3.8, 4) is 22.9 Å². The zero-order chi connectivity index (χ0) is 28.6. The Hall–Kier alpha value is -3.26. The van der Waals surface area contributed by atoms with Gasteiger partial charge < -0.3 is 29.5 Å². The lowest BCUT2D eigenvalue weighted by molar-refractivity contribution is -0.0331. The number of fused-ring (bicyclic) bond motifs is 4. The van der Waals surface area contributed by atoms with Gasteiger partial charge in [-0.25, -0.2) is 13.4 Å². The molecule has 4 N–H and O–H groups in total. The Bertz CT molecular complexity index is 1470. The first-order valence-corrected chi connectivity index (χ1v) is 15.9. The number of sulfonamides is 1. The van der Waals surface area contributed by atoms with Crippen molar-refractivity contribution in [2.24, 2.45) is 11.8 Å². The van der Waals surface area contributed by atoms with Crippen molar-refractivity contribution in [3.63, 3.8) is 0 Å². The van der Waals surface area contributed by atoms with Crippen molar-refractivity contribution in [1.82, 2.24) is 15.2 Å². The van der Waals surface area contributed by atoms with Gasteiger partial charge in [-0.1, -0.05) is 0 Å². The minimum absolute atomic E-state index is 0.0573. The predicted molar refractivity (Wildman–Crippen MR) is 154 cm³/mol. The highest BCUT2D eigenvalue weighted by atomic mass is 32.2. The van der Waals surface area contributed by atoms with E-state index in [-0.39, 0.29) is 11.8 Å². The van der Waals surface area contributed by atoms with E-state index < -0.39 is 34.6 Å². The second-order valence-corrected chi connectivity index (χ2v) is 13.1. The highest BCUT2D eigenvalue weighted by molar-refractivity contribution is 7.92. The van der Waals surface area contributed by atoms with Gasteiger partial charge in [0.05, 0.1) is 41.5 Å². The van der Waals surface area contributed by atoms with E-state index in [9.17, 15) is 18.6 Å². The molecule has 3 unspecified atom stereocenters. The quantitative estimate of drug-likeness (QED) is 0.355. The van der Waals surface area contributed by atoms with Crippen molar-refractivity contribution < 1.29 is 28.2 Å². The smallest absolute Gasteiger partial charge is 0.250 e. The van der Waals surface area contributed by atoms with E-state index in [0.29, 0.717) is 54.7 Å². The van der Waals surface area contributed by atoms with Crippen LogP contribution in [-0.2, 0) is 10.0 Å². The van der Waals surface area contributed by atoms with Crippen LogP contribution in [0, 0.1) is 11.8 Å². The highest BCUT2D eigenvalue weighted by Crippen LogP contribution is 2.38. The van der Waals surface area contributed by atoms with Crippen LogP contribution < -0.4 is 14.5 Å². The fraction of sp³-hybridized carbons (Fsp3) is 0.536. The summed E-state index contributed by atoms with van der Waals surface area (Å²) in [7, 11) is -3.71. The Balaban J connectivity index is 1.40. The third kappa shape index (κ3) is 6.03. The van der Waals surface area contributed by atoms with Gasteiger partial charge in [0.1, 0.15) is 5.82 Å². The number of hydrogen-bond acceptors (Lipinski definition) is 11. The van der Waals surface area contributed by atoms with Gasteiger partial charge in [-0.15, -0.1) is 10.2 Å². The molecule has 12 nitrogen and oxygen atoms in total. The molecule has 0 aliphatic carbocycles. The van der Waals surface area contributed by atoms with Gasteiger partial charge in [-0.2, -0.15) is 0 Å². The van der Waals surface area contributed by atoms with Crippen LogP contribution in [0.25, 0.3) is 22.9 Å². The third-order valence-electron chi connectivity index (χ3n) is 8.47. The maximum absolute atomic E-state index is 12.4. The van der Waals surface area contributed by atoms with Crippen LogP contribution in [0.3, 0.4) is 0 Å². The molecule has 0 amide bonds. The first kappa shape index (κ1) is 27.9. The number of piperidine rings is 2. The van der Waals surface area contributed by atoms with E-state index in [2.05, 4.69) is 29.7 Å². The minimum atomic E-state index is -3.71. The summed E-state index contributed by atoms with van der Waals surface area (Å²) >= 11 is 0. The van der Waals surface area contributed by atoms with Crippen molar-refractivity contribution in [3.05, 3.63) is 36.5 Å². The van der Waals surface area contributed by atoms with Crippen LogP contribution in [-0.4, -0.2) is 89.7 Å². The van der Waals surface area contributed by atoms with E-state index in [4.69, 9.17) is 9.52 Å². The summed E-state index contributed by atoms with van der Waals surface area (Å²) in [5, 5.41) is 40.0. The summed E-state index contributed by atoms with van der Waals surface area (Å²) in [5.74, 6) is 1.20. The Morgan fingerprint density at radius 2 is 1.80 bits per heavy atom. The molecule has 7 rings (SSSR count). The molecular weight excluding hydrogens is 548 g/mol. The van der Waals surface area contributed by atoms with Crippen molar-refractivity contribution in [2.45, 2.75) is 44.3 Å². The summed E-state index contributed by atoms with van der Waals surface area (Å²) in [4.78, 5) is 8.86. The third-order valence-corrected chi connectivity index (χ3v) is 9.73. The molecular formula is C28H36N6O6S. The summed E-state index contributed by atoms with van der Waals surface area (Å²) in [6.45, 7) is 2.30. The average Bonchev–Trinajstić information content (AvgIpc) is 3.47. The zero-order valence-electron chi connectivity index (χ0n) is 22.8. The molecule has 4 aliphatic rings. The molecule has 41 heavy (non-hydrogen) atoms. The lowest BCUT2D eigenvalue weighted by atomic mass is 9.83. The number of anilines is 3. The van der Waals surface area contributed by atoms with E-state index in [1.54, 1.807) is 24.4 Å². The second kappa shape index (κ2) is 11.6. The van der Waals surface area contributed by atoms with E-state index >= 15 is 0 Å². The molecule has 3 aromatic rings. The van der Waals surface area contributed by atoms with Crippen molar-refractivity contribution in [1.29, 1.82) is 0 Å². The van der Waals surface area contributed by atoms with Gasteiger partial charge >= 0.3 is 0 Å². The lowest BCUT2D eigenvalue weighted by Crippen LogP contribution is -2.45. The molecule has 0 radical (unpaired) electrons. The second-order valence-electron chi connectivity index (χ2n) is 11.3. The molecule has 0 spiro atoms. The molecule has 2 aromatic heterocycles. The number of pyridine rings is 1. The fourth-order valence-corrected chi connectivity index (χ4v) is 7.09. The molecule has 8 bridgehead atoms. The number of nitrogens with zero attached hydrogens (tertiary/aromatic N) is 5. The minimum Gasteiger partial charge on any atom is -0.416 e. The fourth-order valence-electron chi connectivity index (χ4n) is 6.26. The Kier molecular flexibility index (Phi) is 7.86. The first-order valence-electron chi connectivity index (χ1n) is 14.2. The Morgan fingerprint density at radius 3 is 2.61 bits per heavy atom. The summed E-state index contributed by atoms with van der Waals surface area (Å²) in [6, 6.07) is 8.87. The molecule has 220 valence electrons. The number of aliphatic hydroxyl groups is 3. The predicted octanol–water partition coefficient (Wildman–Crippen LogP) is 2.09. The number of aromatic nitrogens is 3. The van der Waals surface area contributed by atoms with Crippen LogP contribution in [0.15, 0.2) is 40.9 Å². The molecule has 1 aromatic carbocycles. The maximum Gasteiger partial charge on any atom is 0.250 e. The molecule has 4 aliphatic heterocycles. The largest absolute Gasteiger partial charge is 0.416 e. The first-order chi connectivity index (χ1) is 19.8. The molecule has 2 fully saturated rings. The van der Waals surface area contributed by atoms with Gasteiger partial charge in [-0.05, 0) is 68.4 Å². The van der Waals surface area contributed by atoms with Crippen LogP contribution >= 0.6 is 0 Å². The standard InChI is InChI=1S/C28H36N6O6S/c35-12-13-41(38,39)32-21-3-4-22-23(16-21)33-10-6-18(7-11-33)14-24(36)26(37)20-2-1-9-34(17-20)25-15-19(5-8-29-25)27-30-31-28(22)40-27/h3-5,8,15-16,18,20,24,26,32,35-37H,1-2,6-7,9-14,17H2. The van der Waals surface area contributed by atoms with Gasteiger partial charge in [0.25, 0.3) is 0 Å². The van der Waals surface area contributed by atoms with Gasteiger partial charge in [0.2, 0.25) is 21.8 Å². The van der Waals surface area contributed by atoms with E-state index in [0.717, 1.165) is 43.7 Å². The zero-order valence-corrected chi connectivity index (χ0v) is 23.6. The van der Waals surface area contributed by atoms with E-state index in [1.807, 2.05) is 12.1 Å². The van der Waals surface area contributed by atoms with E-state index in [1.165, 1.54) is 0 Å². The highest BCUT2D eigenvalue weighted by Gasteiger charge is 2.34. The van der Waals surface area contributed by atoms with Crippen molar-refractivity contribution in [2.75, 3.05) is 53.1 Å². The monoisotopic (exact) mass is 584 g/mol. The summed E-state index contributed by atoms with van der Waals surface area (Å²) in [6.07, 6.45) is 3.98. The molecule has 0 saturated carbocycles. The summed E-state index contributed by atoms with van der Waals surface area (Å²) < 4.78 is 33.4. The summed E-state index contributed by atoms with van der Waals surface area (Å²) in [5.41, 5.74) is 2.52. The number of hydrogen-bond donors (Lipinski definition) is 4. The Labute approximate surface area is 239 Å². The van der Waals surface area contributed by atoms with Crippen LogP contribution in [0.4, 0.5) is 17.2 Å². The maximum atomic E-state index is 12.4. The van der Waals surface area contributed by atoms with Gasteiger partial charge in [-0.3, -0.25) is 4.72 Å². The van der Waals surface area contributed by atoms with Crippen LogP contribution in [0.2, 0.25) is 0 Å². The average molecular weight is 585 g/mol. The van der Waals surface area contributed by atoms with Crippen molar-refractivity contribution >= 4 is 27.2 Å². The van der Waals surface area contributed by atoms with Gasteiger partial charge in [0.15, 0.2) is 0 Å². The number of aliphatic hydroxyl groups excluding tert-OH is 3. The molecule has 2 saturated heterocycles.